The van der Waals surface area contributed by atoms with Gasteiger partial charge < -0.3 is 5.32 Å². The molecule has 0 saturated carbocycles. The molecule has 0 spiro atoms. The third-order valence-electron chi connectivity index (χ3n) is 2.72. The Hall–Kier alpha value is -0.890. The van der Waals surface area contributed by atoms with Crippen LogP contribution in [0.4, 0.5) is 4.39 Å². The van der Waals surface area contributed by atoms with Crippen LogP contribution in [0.5, 0.6) is 0 Å². The first kappa shape index (κ1) is 12.2. The Morgan fingerprint density at radius 2 is 1.87 bits per heavy atom. The van der Waals surface area contributed by atoms with E-state index in [4.69, 9.17) is 0 Å². The molecule has 0 radical (unpaired) electrons. The van der Waals surface area contributed by atoms with Gasteiger partial charge in [-0.3, -0.25) is 0 Å². The molecule has 0 aliphatic rings. The fourth-order valence-corrected chi connectivity index (χ4v) is 1.77. The molecule has 0 bridgehead atoms. The minimum atomic E-state index is -0.165. The smallest absolute Gasteiger partial charge is 0.123 e. The second-order valence-electron chi connectivity index (χ2n) is 3.89. The van der Waals surface area contributed by atoms with Gasteiger partial charge in [-0.05, 0) is 31.2 Å². The van der Waals surface area contributed by atoms with Crippen LogP contribution < -0.4 is 5.32 Å². The third kappa shape index (κ3) is 4.00. The average molecular weight is 209 g/mol. The second-order valence-corrected chi connectivity index (χ2v) is 3.89. The highest BCUT2D eigenvalue weighted by Crippen LogP contribution is 2.19. The van der Waals surface area contributed by atoms with Crippen molar-refractivity contribution in [2.45, 2.75) is 38.6 Å². The molecule has 84 valence electrons. The normalized spacial score (nSPS) is 12.7. The summed E-state index contributed by atoms with van der Waals surface area (Å²) in [6.07, 6.45) is 4.84. The summed E-state index contributed by atoms with van der Waals surface area (Å²) in [6.45, 7) is 2.20. The van der Waals surface area contributed by atoms with E-state index in [0.717, 1.165) is 6.42 Å². The van der Waals surface area contributed by atoms with Crippen molar-refractivity contribution in [2.24, 2.45) is 0 Å². The Morgan fingerprint density at radius 1 is 1.20 bits per heavy atom. The second kappa shape index (κ2) is 6.57. The van der Waals surface area contributed by atoms with Gasteiger partial charge in [0.2, 0.25) is 0 Å². The van der Waals surface area contributed by atoms with E-state index in [1.807, 2.05) is 19.2 Å². The van der Waals surface area contributed by atoms with Crippen molar-refractivity contribution in [2.75, 3.05) is 7.05 Å². The highest BCUT2D eigenvalue weighted by molar-refractivity contribution is 5.19. The largest absolute Gasteiger partial charge is 0.313 e. The topological polar surface area (TPSA) is 12.0 Å². The molecule has 0 aromatic heterocycles. The van der Waals surface area contributed by atoms with Crippen LogP contribution in [0.3, 0.4) is 0 Å². The molecule has 1 atom stereocenters. The lowest BCUT2D eigenvalue weighted by Crippen LogP contribution is -2.16. The molecule has 0 amide bonds. The molecule has 1 nitrogen and oxygen atoms in total. The van der Waals surface area contributed by atoms with Crippen LogP contribution in [0, 0.1) is 5.82 Å². The lowest BCUT2D eigenvalue weighted by atomic mass is 10.0. The molecule has 0 heterocycles. The molecular formula is C13H20FN. The molecule has 1 aromatic carbocycles. The van der Waals surface area contributed by atoms with Gasteiger partial charge in [-0.1, -0.05) is 38.3 Å². The minimum absolute atomic E-state index is 0.165. The molecule has 15 heavy (non-hydrogen) atoms. The predicted octanol–water partition coefficient (Wildman–Crippen LogP) is 3.67. The SMILES string of the molecule is CCCCCC(NC)c1ccc(F)cc1. The van der Waals surface area contributed by atoms with Crippen molar-refractivity contribution in [3.05, 3.63) is 35.6 Å². The van der Waals surface area contributed by atoms with Gasteiger partial charge in [0.1, 0.15) is 5.82 Å². The molecule has 1 rings (SSSR count). The fourth-order valence-electron chi connectivity index (χ4n) is 1.77. The lowest BCUT2D eigenvalue weighted by molar-refractivity contribution is 0.510. The first-order valence-electron chi connectivity index (χ1n) is 5.70. The number of hydrogen-bond acceptors (Lipinski definition) is 1. The average Bonchev–Trinajstić information content (AvgIpc) is 2.26. The molecule has 2 heteroatoms. The zero-order valence-corrected chi connectivity index (χ0v) is 9.59. The molecular weight excluding hydrogens is 189 g/mol. The van der Waals surface area contributed by atoms with Crippen LogP contribution in [0.15, 0.2) is 24.3 Å². The molecule has 1 unspecified atom stereocenters. The quantitative estimate of drug-likeness (QED) is 0.705. The highest BCUT2D eigenvalue weighted by atomic mass is 19.1. The molecule has 0 aliphatic carbocycles. The van der Waals surface area contributed by atoms with Crippen molar-refractivity contribution >= 4 is 0 Å². The van der Waals surface area contributed by atoms with E-state index in [-0.39, 0.29) is 5.82 Å². The minimum Gasteiger partial charge on any atom is -0.313 e. The summed E-state index contributed by atoms with van der Waals surface area (Å²) in [7, 11) is 1.96. The van der Waals surface area contributed by atoms with Crippen LogP contribution in [-0.4, -0.2) is 7.05 Å². The summed E-state index contributed by atoms with van der Waals surface area (Å²) in [6, 6.07) is 7.14. The molecule has 1 aromatic rings. The van der Waals surface area contributed by atoms with Crippen LogP contribution >= 0.6 is 0 Å². The first-order valence-corrected chi connectivity index (χ1v) is 5.70. The monoisotopic (exact) mass is 209 g/mol. The van der Waals surface area contributed by atoms with Crippen molar-refractivity contribution < 1.29 is 4.39 Å². The summed E-state index contributed by atoms with van der Waals surface area (Å²) < 4.78 is 12.7. The van der Waals surface area contributed by atoms with Crippen molar-refractivity contribution in [3.63, 3.8) is 0 Å². The van der Waals surface area contributed by atoms with E-state index in [1.165, 1.54) is 37.0 Å². The zero-order chi connectivity index (χ0) is 11.1. The fraction of sp³-hybridized carbons (Fsp3) is 0.538. The van der Waals surface area contributed by atoms with E-state index in [1.54, 1.807) is 0 Å². The number of rotatable bonds is 6. The van der Waals surface area contributed by atoms with Gasteiger partial charge in [0.25, 0.3) is 0 Å². The third-order valence-corrected chi connectivity index (χ3v) is 2.72. The number of hydrogen-bond donors (Lipinski definition) is 1. The Balaban J connectivity index is 2.53. The number of halogens is 1. The van der Waals surface area contributed by atoms with Gasteiger partial charge in [-0.25, -0.2) is 4.39 Å². The standard InChI is InChI=1S/C13H20FN/c1-3-4-5-6-13(15-2)11-7-9-12(14)10-8-11/h7-10,13,15H,3-6H2,1-2H3. The molecule has 0 saturated heterocycles. The van der Waals surface area contributed by atoms with Gasteiger partial charge in [-0.2, -0.15) is 0 Å². The van der Waals surface area contributed by atoms with E-state index in [9.17, 15) is 4.39 Å². The first-order chi connectivity index (χ1) is 7.27. The van der Waals surface area contributed by atoms with Crippen LogP contribution in [0.2, 0.25) is 0 Å². The Morgan fingerprint density at radius 3 is 2.40 bits per heavy atom. The maximum atomic E-state index is 12.7. The van der Waals surface area contributed by atoms with E-state index < -0.39 is 0 Å². The van der Waals surface area contributed by atoms with Crippen LogP contribution in [0.25, 0.3) is 0 Å². The van der Waals surface area contributed by atoms with Gasteiger partial charge >= 0.3 is 0 Å². The maximum absolute atomic E-state index is 12.7. The van der Waals surface area contributed by atoms with Crippen molar-refractivity contribution in [1.82, 2.24) is 5.32 Å². The zero-order valence-electron chi connectivity index (χ0n) is 9.59. The predicted molar refractivity (Wildman–Crippen MR) is 62.3 cm³/mol. The molecule has 0 fully saturated rings. The molecule has 0 aliphatic heterocycles. The van der Waals surface area contributed by atoms with Crippen LogP contribution in [0.1, 0.15) is 44.2 Å². The summed E-state index contributed by atoms with van der Waals surface area (Å²) in [5.74, 6) is -0.165. The van der Waals surface area contributed by atoms with E-state index >= 15 is 0 Å². The lowest BCUT2D eigenvalue weighted by Gasteiger charge is -2.16. The van der Waals surface area contributed by atoms with Gasteiger partial charge in [0, 0.05) is 6.04 Å². The van der Waals surface area contributed by atoms with Crippen molar-refractivity contribution in [3.8, 4) is 0 Å². The maximum Gasteiger partial charge on any atom is 0.123 e. The molecule has 1 N–H and O–H groups in total. The Kier molecular flexibility index (Phi) is 5.33. The summed E-state index contributed by atoms with van der Waals surface area (Å²) in [5, 5.41) is 3.27. The number of nitrogens with one attached hydrogen (secondary N) is 1. The Labute approximate surface area is 91.7 Å². The van der Waals surface area contributed by atoms with Gasteiger partial charge in [-0.15, -0.1) is 0 Å². The Bertz CT molecular complexity index is 268. The van der Waals surface area contributed by atoms with Gasteiger partial charge in [0.15, 0.2) is 0 Å². The highest BCUT2D eigenvalue weighted by Gasteiger charge is 2.07. The summed E-state index contributed by atoms with van der Waals surface area (Å²) in [5.41, 5.74) is 1.18. The van der Waals surface area contributed by atoms with E-state index in [2.05, 4.69) is 12.2 Å². The number of unbranched alkanes of at least 4 members (excludes halogenated alkanes) is 2. The van der Waals surface area contributed by atoms with Gasteiger partial charge in [0.05, 0.1) is 0 Å². The van der Waals surface area contributed by atoms with Crippen molar-refractivity contribution in [1.29, 1.82) is 0 Å². The summed E-state index contributed by atoms with van der Waals surface area (Å²) >= 11 is 0. The van der Waals surface area contributed by atoms with E-state index in [0.29, 0.717) is 6.04 Å². The van der Waals surface area contributed by atoms with Crippen LogP contribution in [-0.2, 0) is 0 Å². The number of benzene rings is 1. The summed E-state index contributed by atoms with van der Waals surface area (Å²) in [4.78, 5) is 0.